The number of aromatic nitrogens is 3. The third-order valence-corrected chi connectivity index (χ3v) is 2.12. The number of carbonyl (C=O) groups excluding carboxylic acids is 1. The van der Waals surface area contributed by atoms with Crippen LogP contribution in [0.4, 0.5) is 11.9 Å². The molecule has 0 bridgehead atoms. The first kappa shape index (κ1) is 14.4. The Bertz CT molecular complexity index is 400. The molecule has 3 N–H and O–H groups in total. The molecule has 0 aliphatic carbocycles. The zero-order valence-corrected chi connectivity index (χ0v) is 11.2. The van der Waals surface area contributed by atoms with Crippen LogP contribution >= 0.6 is 11.6 Å². The van der Waals surface area contributed by atoms with E-state index in [4.69, 9.17) is 11.6 Å². The van der Waals surface area contributed by atoms with E-state index >= 15 is 0 Å². The van der Waals surface area contributed by atoms with Gasteiger partial charge in [-0.05, 0) is 25.4 Å². The van der Waals surface area contributed by atoms with Gasteiger partial charge in [0.05, 0.1) is 0 Å². The number of nitrogens with one attached hydrogen (secondary N) is 3. The summed E-state index contributed by atoms with van der Waals surface area (Å²) in [5.41, 5.74) is 0. The first-order valence-electron chi connectivity index (χ1n) is 5.81. The van der Waals surface area contributed by atoms with E-state index in [1.54, 1.807) is 0 Å². The van der Waals surface area contributed by atoms with Crippen LogP contribution in [0.3, 0.4) is 0 Å². The van der Waals surface area contributed by atoms with Crippen molar-refractivity contribution >= 4 is 29.4 Å². The first-order chi connectivity index (χ1) is 8.65. The van der Waals surface area contributed by atoms with Gasteiger partial charge in [0.1, 0.15) is 0 Å². The highest BCUT2D eigenvalue weighted by Gasteiger charge is 2.05. The van der Waals surface area contributed by atoms with Crippen LogP contribution in [-0.2, 0) is 4.79 Å². The van der Waals surface area contributed by atoms with Gasteiger partial charge in [-0.15, -0.1) is 0 Å². The Morgan fingerprint density at radius 2 is 1.78 bits per heavy atom. The van der Waals surface area contributed by atoms with Gasteiger partial charge in [0, 0.05) is 26.1 Å². The van der Waals surface area contributed by atoms with Crippen molar-refractivity contribution in [1.82, 2.24) is 20.3 Å². The van der Waals surface area contributed by atoms with E-state index in [9.17, 15) is 4.79 Å². The molecule has 0 aliphatic rings. The third-order valence-electron chi connectivity index (χ3n) is 1.95. The molecule has 7 nitrogen and oxygen atoms in total. The number of halogens is 1. The number of anilines is 2. The van der Waals surface area contributed by atoms with Crippen molar-refractivity contribution in [1.29, 1.82) is 0 Å². The van der Waals surface area contributed by atoms with Crippen molar-refractivity contribution in [3.8, 4) is 0 Å². The summed E-state index contributed by atoms with van der Waals surface area (Å²) in [6.45, 7) is 5.57. The van der Waals surface area contributed by atoms with Crippen LogP contribution in [0.15, 0.2) is 0 Å². The quantitative estimate of drug-likeness (QED) is 0.683. The largest absolute Gasteiger partial charge is 0.356 e. The minimum Gasteiger partial charge on any atom is -0.356 e. The molecule has 0 atom stereocenters. The fourth-order valence-electron chi connectivity index (χ4n) is 1.24. The van der Waals surface area contributed by atoms with Gasteiger partial charge in [-0.3, -0.25) is 4.79 Å². The molecule has 1 amide bonds. The molecular weight excluding hydrogens is 256 g/mol. The first-order valence-corrected chi connectivity index (χ1v) is 6.19. The van der Waals surface area contributed by atoms with Crippen LogP contribution in [-0.4, -0.2) is 40.5 Å². The molecule has 0 unspecified atom stereocenters. The lowest BCUT2D eigenvalue weighted by Crippen LogP contribution is -2.25. The number of carbonyl (C=O) groups is 1. The standard InChI is InChI=1S/C10H17ClN6O/c1-3-12-7(18)5-6-14-10-16-8(11)15-9(17-10)13-4-2/h3-6H2,1-2H3,(H,12,18)(H2,13,14,15,16,17). The lowest BCUT2D eigenvalue weighted by atomic mass is 10.4. The predicted molar refractivity (Wildman–Crippen MR) is 70.8 cm³/mol. The topological polar surface area (TPSA) is 91.8 Å². The highest BCUT2D eigenvalue weighted by atomic mass is 35.5. The Hall–Kier alpha value is -1.63. The van der Waals surface area contributed by atoms with E-state index in [1.807, 2.05) is 13.8 Å². The molecule has 0 radical (unpaired) electrons. The molecule has 0 fully saturated rings. The Balaban J connectivity index is 2.48. The summed E-state index contributed by atoms with van der Waals surface area (Å²) in [7, 11) is 0. The maximum Gasteiger partial charge on any atom is 0.228 e. The van der Waals surface area contributed by atoms with Gasteiger partial charge in [0.25, 0.3) is 0 Å². The molecule has 0 aliphatic heterocycles. The smallest absolute Gasteiger partial charge is 0.228 e. The summed E-state index contributed by atoms with van der Waals surface area (Å²) in [4.78, 5) is 23.2. The monoisotopic (exact) mass is 272 g/mol. The lowest BCUT2D eigenvalue weighted by Gasteiger charge is -2.07. The number of amides is 1. The van der Waals surface area contributed by atoms with Gasteiger partial charge in [0.2, 0.25) is 23.1 Å². The molecule has 0 saturated carbocycles. The summed E-state index contributed by atoms with van der Waals surface area (Å²) in [5, 5.41) is 8.69. The van der Waals surface area contributed by atoms with Crippen molar-refractivity contribution in [3.05, 3.63) is 5.28 Å². The molecule has 0 spiro atoms. The van der Waals surface area contributed by atoms with E-state index in [-0.39, 0.29) is 11.2 Å². The molecule has 1 aromatic heterocycles. The fraction of sp³-hybridized carbons (Fsp3) is 0.600. The van der Waals surface area contributed by atoms with E-state index < -0.39 is 0 Å². The average molecular weight is 273 g/mol. The highest BCUT2D eigenvalue weighted by Crippen LogP contribution is 2.09. The van der Waals surface area contributed by atoms with Gasteiger partial charge < -0.3 is 16.0 Å². The molecule has 8 heteroatoms. The Kier molecular flexibility index (Phi) is 6.13. The number of hydrogen-bond acceptors (Lipinski definition) is 6. The van der Waals surface area contributed by atoms with Gasteiger partial charge in [-0.1, -0.05) is 0 Å². The normalized spacial score (nSPS) is 9.94. The minimum atomic E-state index is -0.0166. The van der Waals surface area contributed by atoms with Gasteiger partial charge >= 0.3 is 0 Å². The second-order valence-electron chi connectivity index (χ2n) is 3.41. The molecule has 18 heavy (non-hydrogen) atoms. The van der Waals surface area contributed by atoms with Gasteiger partial charge in [-0.25, -0.2) is 0 Å². The van der Waals surface area contributed by atoms with Crippen molar-refractivity contribution < 1.29 is 4.79 Å². The summed E-state index contributed by atoms with van der Waals surface area (Å²) >= 11 is 5.76. The third kappa shape index (κ3) is 5.13. The van der Waals surface area contributed by atoms with Crippen molar-refractivity contribution in [2.75, 3.05) is 30.3 Å². The average Bonchev–Trinajstić information content (AvgIpc) is 2.29. The zero-order valence-electron chi connectivity index (χ0n) is 10.5. The van der Waals surface area contributed by atoms with Crippen LogP contribution in [0.5, 0.6) is 0 Å². The molecule has 1 rings (SSSR count). The van der Waals surface area contributed by atoms with Crippen molar-refractivity contribution in [2.45, 2.75) is 20.3 Å². The van der Waals surface area contributed by atoms with Crippen LogP contribution in [0.1, 0.15) is 20.3 Å². The summed E-state index contributed by atoms with van der Waals surface area (Å²) in [6.07, 6.45) is 0.355. The Labute approximate surface area is 111 Å². The number of rotatable bonds is 7. The molecule has 0 aromatic carbocycles. The molecule has 100 valence electrons. The minimum absolute atomic E-state index is 0.0166. The van der Waals surface area contributed by atoms with E-state index in [0.717, 1.165) is 0 Å². The van der Waals surface area contributed by atoms with Crippen LogP contribution in [0.25, 0.3) is 0 Å². The second-order valence-corrected chi connectivity index (χ2v) is 3.75. The maximum absolute atomic E-state index is 11.2. The van der Waals surface area contributed by atoms with Gasteiger partial charge in [-0.2, -0.15) is 15.0 Å². The Morgan fingerprint density at radius 3 is 2.39 bits per heavy atom. The molecule has 1 aromatic rings. The second kappa shape index (κ2) is 7.65. The Morgan fingerprint density at radius 1 is 1.11 bits per heavy atom. The number of hydrogen-bond donors (Lipinski definition) is 3. The number of nitrogens with zero attached hydrogens (tertiary/aromatic N) is 3. The van der Waals surface area contributed by atoms with E-state index in [1.165, 1.54) is 0 Å². The molecule has 0 saturated heterocycles. The van der Waals surface area contributed by atoms with E-state index in [0.29, 0.717) is 38.0 Å². The predicted octanol–water partition coefficient (Wildman–Crippen LogP) is 0.895. The molecular formula is C10H17ClN6O. The SMILES string of the molecule is CCNC(=O)CCNc1nc(Cl)nc(NCC)n1. The fourth-order valence-corrected chi connectivity index (χ4v) is 1.40. The maximum atomic E-state index is 11.2. The van der Waals surface area contributed by atoms with Crippen LogP contribution in [0, 0.1) is 0 Å². The highest BCUT2D eigenvalue weighted by molar-refractivity contribution is 6.28. The summed E-state index contributed by atoms with van der Waals surface area (Å²) in [5.74, 6) is 0.755. The summed E-state index contributed by atoms with van der Waals surface area (Å²) < 4.78 is 0. The molecule has 1 heterocycles. The van der Waals surface area contributed by atoms with Crippen LogP contribution < -0.4 is 16.0 Å². The zero-order chi connectivity index (χ0) is 13.4. The van der Waals surface area contributed by atoms with Gasteiger partial charge in [0.15, 0.2) is 0 Å². The van der Waals surface area contributed by atoms with Crippen LogP contribution in [0.2, 0.25) is 5.28 Å². The van der Waals surface area contributed by atoms with Crippen molar-refractivity contribution in [3.63, 3.8) is 0 Å². The summed E-state index contributed by atoms with van der Waals surface area (Å²) in [6, 6.07) is 0. The lowest BCUT2D eigenvalue weighted by molar-refractivity contribution is -0.120. The van der Waals surface area contributed by atoms with E-state index in [2.05, 4.69) is 30.9 Å². The van der Waals surface area contributed by atoms with Crippen molar-refractivity contribution in [2.24, 2.45) is 0 Å².